The van der Waals surface area contributed by atoms with Crippen molar-refractivity contribution >= 4 is 29.3 Å². The Bertz CT molecular complexity index is 951. The second kappa shape index (κ2) is 8.08. The minimum atomic E-state index is -0.0711. The largest absolute Gasteiger partial charge is 0.398 e. The maximum absolute atomic E-state index is 11.9. The van der Waals surface area contributed by atoms with Crippen LogP contribution < -0.4 is 16.0 Å². The quantitative estimate of drug-likeness (QED) is 0.497. The zero-order chi connectivity index (χ0) is 20.1. The van der Waals surface area contributed by atoms with Crippen LogP contribution >= 0.6 is 0 Å². The number of pyridine rings is 2. The number of nitrogen functional groups attached to an aromatic ring is 1. The molecular weight excluding hydrogens is 350 g/mol. The summed E-state index contributed by atoms with van der Waals surface area (Å²) in [4.78, 5) is 22.2. The molecule has 0 atom stereocenters. The zero-order valence-electron chi connectivity index (χ0n) is 16.4. The molecule has 144 valence electrons. The number of nitrogens with two attached hydrogens (primary N) is 1. The highest BCUT2D eigenvalue weighted by atomic mass is 16.1. The number of carbonyl (C=O) groups excluding carboxylic acids is 1. The molecule has 0 aliphatic heterocycles. The molecule has 6 nitrogen and oxygen atoms in total. The van der Waals surface area contributed by atoms with E-state index >= 15 is 0 Å². The number of amides is 1. The van der Waals surface area contributed by atoms with E-state index in [1.807, 2.05) is 42.5 Å². The summed E-state index contributed by atoms with van der Waals surface area (Å²) >= 11 is 0. The topological polar surface area (TPSA) is 84.1 Å². The Morgan fingerprint density at radius 3 is 2.50 bits per heavy atom. The predicted molar refractivity (Wildman–Crippen MR) is 114 cm³/mol. The van der Waals surface area contributed by atoms with E-state index in [-0.39, 0.29) is 5.41 Å². The molecule has 0 spiro atoms. The molecule has 2 aromatic heterocycles. The Morgan fingerprint density at radius 2 is 1.86 bits per heavy atom. The summed E-state index contributed by atoms with van der Waals surface area (Å²) in [6.45, 7) is 6.83. The summed E-state index contributed by atoms with van der Waals surface area (Å²) in [7, 11) is 0. The van der Waals surface area contributed by atoms with E-state index in [4.69, 9.17) is 5.73 Å². The van der Waals surface area contributed by atoms with E-state index in [0.29, 0.717) is 29.4 Å². The molecule has 6 heteroatoms. The van der Waals surface area contributed by atoms with Crippen molar-refractivity contribution in [3.05, 3.63) is 72.2 Å². The maximum atomic E-state index is 11.9. The summed E-state index contributed by atoms with van der Waals surface area (Å²) in [5, 5.41) is 3.26. The van der Waals surface area contributed by atoms with Crippen molar-refractivity contribution in [2.45, 2.75) is 32.7 Å². The van der Waals surface area contributed by atoms with E-state index in [2.05, 4.69) is 36.1 Å². The van der Waals surface area contributed by atoms with Crippen molar-refractivity contribution in [1.82, 2.24) is 9.97 Å². The number of rotatable bonds is 6. The maximum Gasteiger partial charge on any atom is 0.218 e. The first kappa shape index (κ1) is 19.4. The summed E-state index contributed by atoms with van der Waals surface area (Å²) in [6, 6.07) is 15.1. The highest BCUT2D eigenvalue weighted by Crippen LogP contribution is 2.34. The number of hydrogen-bond donors (Lipinski definition) is 2. The fraction of sp³-hybridized carbons (Fsp3) is 0.227. The molecular formula is C22H25N5O. The van der Waals surface area contributed by atoms with Gasteiger partial charge in [-0.15, -0.1) is 0 Å². The van der Waals surface area contributed by atoms with Crippen LogP contribution in [0.3, 0.4) is 0 Å². The van der Waals surface area contributed by atoms with Gasteiger partial charge in [0.15, 0.2) is 5.82 Å². The molecule has 2 heterocycles. The molecule has 3 N–H and O–H groups in total. The zero-order valence-corrected chi connectivity index (χ0v) is 16.4. The summed E-state index contributed by atoms with van der Waals surface area (Å²) in [5.41, 5.74) is 10.1. The monoisotopic (exact) mass is 375 g/mol. The Balaban J connectivity index is 1.91. The van der Waals surface area contributed by atoms with E-state index in [9.17, 15) is 4.79 Å². The molecule has 0 fully saturated rings. The van der Waals surface area contributed by atoms with Crippen molar-refractivity contribution in [1.29, 1.82) is 0 Å². The molecule has 0 saturated carbocycles. The third kappa shape index (κ3) is 4.28. The Kier molecular flexibility index (Phi) is 5.59. The van der Waals surface area contributed by atoms with Crippen molar-refractivity contribution in [2.75, 3.05) is 16.0 Å². The van der Waals surface area contributed by atoms with Crippen molar-refractivity contribution in [3.8, 4) is 0 Å². The van der Waals surface area contributed by atoms with E-state index < -0.39 is 0 Å². The van der Waals surface area contributed by atoms with Crippen LogP contribution in [0, 0.1) is 0 Å². The van der Waals surface area contributed by atoms with E-state index in [1.54, 1.807) is 18.5 Å². The van der Waals surface area contributed by atoms with Gasteiger partial charge in [0.25, 0.3) is 0 Å². The van der Waals surface area contributed by atoms with Crippen LogP contribution in [0.4, 0.5) is 22.9 Å². The third-order valence-corrected chi connectivity index (χ3v) is 4.44. The minimum absolute atomic E-state index is 0.0711. The first-order chi connectivity index (χ1) is 13.4. The van der Waals surface area contributed by atoms with E-state index in [1.165, 1.54) is 4.90 Å². The first-order valence-electron chi connectivity index (χ1n) is 9.13. The summed E-state index contributed by atoms with van der Waals surface area (Å²) < 4.78 is 0. The lowest BCUT2D eigenvalue weighted by atomic mass is 9.85. The normalized spacial score (nSPS) is 11.1. The number of aromatic nitrogens is 2. The third-order valence-electron chi connectivity index (χ3n) is 4.44. The fourth-order valence-electron chi connectivity index (χ4n) is 3.04. The molecule has 0 radical (unpaired) electrons. The molecule has 3 aromatic rings. The molecule has 0 unspecified atom stereocenters. The van der Waals surface area contributed by atoms with Gasteiger partial charge in [-0.3, -0.25) is 14.7 Å². The van der Waals surface area contributed by atoms with Crippen LogP contribution in [0.5, 0.6) is 0 Å². The minimum Gasteiger partial charge on any atom is -0.398 e. The molecule has 1 aromatic carbocycles. The van der Waals surface area contributed by atoms with E-state index in [0.717, 1.165) is 17.7 Å². The van der Waals surface area contributed by atoms with Gasteiger partial charge in [-0.1, -0.05) is 32.9 Å². The van der Waals surface area contributed by atoms with Crippen LogP contribution in [-0.2, 0) is 16.8 Å². The van der Waals surface area contributed by atoms with Crippen LogP contribution in [0.2, 0.25) is 0 Å². The van der Waals surface area contributed by atoms with Gasteiger partial charge in [0.1, 0.15) is 0 Å². The molecule has 1 amide bonds. The van der Waals surface area contributed by atoms with Gasteiger partial charge in [-0.2, -0.15) is 0 Å². The Morgan fingerprint density at radius 1 is 1.07 bits per heavy atom. The average molecular weight is 375 g/mol. The number of carbonyl (C=O) groups is 1. The predicted octanol–water partition coefficient (Wildman–Crippen LogP) is 4.26. The van der Waals surface area contributed by atoms with Gasteiger partial charge < -0.3 is 11.1 Å². The molecule has 28 heavy (non-hydrogen) atoms. The van der Waals surface area contributed by atoms with Gasteiger partial charge in [-0.05, 0) is 47.4 Å². The van der Waals surface area contributed by atoms with Crippen LogP contribution in [-0.4, -0.2) is 16.4 Å². The molecule has 0 aliphatic carbocycles. The number of nitrogens with zero attached hydrogens (tertiary/aromatic N) is 3. The number of hydrogen-bond acceptors (Lipinski definition) is 5. The van der Waals surface area contributed by atoms with Crippen LogP contribution in [0.1, 0.15) is 32.0 Å². The highest BCUT2D eigenvalue weighted by Gasteiger charge is 2.19. The van der Waals surface area contributed by atoms with Crippen LogP contribution in [0.25, 0.3) is 0 Å². The van der Waals surface area contributed by atoms with Gasteiger partial charge in [-0.25, -0.2) is 4.98 Å². The number of anilines is 4. The fourth-order valence-corrected chi connectivity index (χ4v) is 3.04. The number of nitrogens with one attached hydrogen (secondary N) is 1. The van der Waals surface area contributed by atoms with Crippen LogP contribution in [0.15, 0.2) is 60.9 Å². The number of benzene rings is 1. The Hall–Kier alpha value is -3.41. The van der Waals surface area contributed by atoms with Crippen molar-refractivity contribution in [2.24, 2.45) is 0 Å². The summed E-state index contributed by atoms with van der Waals surface area (Å²) in [5.74, 6) is 0.596. The van der Waals surface area contributed by atoms with Crippen molar-refractivity contribution in [3.63, 3.8) is 0 Å². The van der Waals surface area contributed by atoms with Crippen molar-refractivity contribution < 1.29 is 4.79 Å². The smallest absolute Gasteiger partial charge is 0.218 e. The van der Waals surface area contributed by atoms with Gasteiger partial charge >= 0.3 is 0 Å². The second-order valence-corrected chi connectivity index (χ2v) is 7.54. The average Bonchev–Trinajstić information content (AvgIpc) is 2.68. The summed E-state index contributed by atoms with van der Waals surface area (Å²) in [6.07, 6.45) is 4.20. The molecule has 0 saturated heterocycles. The van der Waals surface area contributed by atoms with Gasteiger partial charge in [0.2, 0.25) is 6.41 Å². The van der Waals surface area contributed by atoms with Gasteiger partial charge in [0.05, 0.1) is 23.6 Å². The second-order valence-electron chi connectivity index (χ2n) is 7.54. The lowest BCUT2D eigenvalue weighted by molar-refractivity contribution is -0.106. The van der Waals surface area contributed by atoms with Gasteiger partial charge in [0, 0.05) is 18.1 Å². The highest BCUT2D eigenvalue weighted by molar-refractivity contribution is 5.91. The standard InChI is InChI=1S/C22H25N5O/c1-22(2,3)18-10-9-17(13-19(18)23)27(15-28)20-8-6-12-25-21(20)26-14-16-7-4-5-11-24-16/h4-13,15H,14,23H2,1-3H3,(H,25,26). The molecule has 0 bridgehead atoms. The lowest BCUT2D eigenvalue weighted by Gasteiger charge is -2.25. The SMILES string of the molecule is CC(C)(C)c1ccc(N(C=O)c2cccnc2NCc2ccccn2)cc1N. The first-order valence-corrected chi connectivity index (χ1v) is 9.13. The molecule has 3 rings (SSSR count). The Labute approximate surface area is 165 Å². The molecule has 0 aliphatic rings. The lowest BCUT2D eigenvalue weighted by Crippen LogP contribution is -2.19.